The lowest BCUT2D eigenvalue weighted by atomic mass is 9.69. The summed E-state index contributed by atoms with van der Waals surface area (Å²) in [5.74, 6) is -0.627. The van der Waals surface area contributed by atoms with Crippen molar-refractivity contribution in [1.82, 2.24) is 4.98 Å². The van der Waals surface area contributed by atoms with Crippen molar-refractivity contribution in [3.05, 3.63) is 105 Å². The summed E-state index contributed by atoms with van der Waals surface area (Å²) in [4.78, 5) is 31.6. The highest BCUT2D eigenvalue weighted by Crippen LogP contribution is 2.45. The van der Waals surface area contributed by atoms with Crippen LogP contribution in [-0.4, -0.2) is 23.5 Å². The van der Waals surface area contributed by atoms with E-state index in [1.54, 1.807) is 0 Å². The first-order valence-electron chi connectivity index (χ1n) is 13.9. The number of halogens is 1. The molecule has 0 spiro atoms. The molecule has 6 heteroatoms. The number of hydrogen-bond donors (Lipinski definition) is 1. The van der Waals surface area contributed by atoms with Crippen molar-refractivity contribution in [1.29, 1.82) is 0 Å². The van der Waals surface area contributed by atoms with Gasteiger partial charge in [0.2, 0.25) is 0 Å². The predicted molar refractivity (Wildman–Crippen MR) is 167 cm³/mol. The second kappa shape index (κ2) is 11.5. The molecule has 0 aliphatic heterocycles. The summed E-state index contributed by atoms with van der Waals surface area (Å²) in [5.41, 5.74) is 7.74. The Hall–Kier alpha value is -3.96. The topological polar surface area (TPSA) is 68.3 Å². The third-order valence-electron chi connectivity index (χ3n) is 7.69. The van der Waals surface area contributed by atoms with Crippen LogP contribution in [0.4, 0.5) is 5.69 Å². The summed E-state index contributed by atoms with van der Waals surface area (Å²) in [6.45, 7) is 10.3. The third kappa shape index (κ3) is 6.52. The Balaban J connectivity index is 1.53. The number of nitrogens with zero attached hydrogens (tertiary/aromatic N) is 1. The van der Waals surface area contributed by atoms with E-state index in [4.69, 9.17) is 21.3 Å². The van der Waals surface area contributed by atoms with Crippen LogP contribution in [0.2, 0.25) is 5.02 Å². The number of aromatic nitrogens is 1. The van der Waals surface area contributed by atoms with Crippen LogP contribution in [0, 0.1) is 25.2 Å². The lowest BCUT2D eigenvalue weighted by molar-refractivity contribution is -0.119. The Morgan fingerprint density at radius 2 is 1.68 bits per heavy atom. The van der Waals surface area contributed by atoms with Gasteiger partial charge in [0, 0.05) is 16.1 Å². The molecule has 1 aliphatic rings. The van der Waals surface area contributed by atoms with E-state index >= 15 is 0 Å². The molecule has 210 valence electrons. The molecule has 0 unspecified atom stereocenters. The minimum Gasteiger partial charge on any atom is -0.452 e. The fourth-order valence-corrected chi connectivity index (χ4v) is 5.70. The lowest BCUT2D eigenvalue weighted by Crippen LogP contribution is -2.29. The highest BCUT2D eigenvalue weighted by atomic mass is 35.5. The van der Waals surface area contributed by atoms with Gasteiger partial charge in [0.15, 0.2) is 6.61 Å². The van der Waals surface area contributed by atoms with Crippen LogP contribution in [0.1, 0.15) is 65.5 Å². The van der Waals surface area contributed by atoms with Gasteiger partial charge < -0.3 is 10.1 Å². The molecule has 5 rings (SSSR count). The molecule has 0 fully saturated rings. The number of amides is 1. The molecule has 0 radical (unpaired) electrons. The highest BCUT2D eigenvalue weighted by molar-refractivity contribution is 6.30. The van der Waals surface area contributed by atoms with Gasteiger partial charge in [-0.1, -0.05) is 68.8 Å². The van der Waals surface area contributed by atoms with Crippen molar-refractivity contribution in [2.75, 3.05) is 11.9 Å². The Bertz CT molecular complexity index is 1650. The Morgan fingerprint density at radius 3 is 2.37 bits per heavy atom. The van der Waals surface area contributed by atoms with Gasteiger partial charge in [0.25, 0.3) is 5.91 Å². The monoisotopic (exact) mass is 566 g/mol. The first-order chi connectivity index (χ1) is 19.5. The Morgan fingerprint density at radius 1 is 1.00 bits per heavy atom. The van der Waals surface area contributed by atoms with Crippen molar-refractivity contribution in [2.45, 2.75) is 47.5 Å². The van der Waals surface area contributed by atoms with Crippen molar-refractivity contribution < 1.29 is 14.3 Å². The number of anilines is 1. The van der Waals surface area contributed by atoms with Crippen molar-refractivity contribution >= 4 is 51.7 Å². The second-order valence-electron chi connectivity index (χ2n) is 12.0. The molecule has 1 atom stereocenters. The minimum atomic E-state index is -0.518. The second-order valence-corrected chi connectivity index (χ2v) is 12.5. The first-order valence-corrected chi connectivity index (χ1v) is 14.3. The predicted octanol–water partition coefficient (Wildman–Crippen LogP) is 8.45. The van der Waals surface area contributed by atoms with E-state index in [2.05, 4.69) is 32.2 Å². The van der Waals surface area contributed by atoms with Gasteiger partial charge in [-0.3, -0.25) is 4.79 Å². The number of esters is 1. The molecule has 3 aromatic carbocycles. The maximum Gasteiger partial charge on any atom is 0.339 e. The zero-order valence-electron chi connectivity index (χ0n) is 24.2. The smallest absolute Gasteiger partial charge is 0.339 e. The normalized spacial score (nSPS) is 16.0. The van der Waals surface area contributed by atoms with Crippen molar-refractivity contribution in [3.63, 3.8) is 0 Å². The largest absolute Gasteiger partial charge is 0.452 e. The van der Waals surface area contributed by atoms with Gasteiger partial charge in [-0.15, -0.1) is 0 Å². The molecule has 0 saturated heterocycles. The molecule has 1 heterocycles. The molecule has 1 aliphatic carbocycles. The summed E-state index contributed by atoms with van der Waals surface area (Å²) in [6, 6.07) is 21.2. The van der Waals surface area contributed by atoms with Gasteiger partial charge in [-0.05, 0) is 102 Å². The third-order valence-corrected chi connectivity index (χ3v) is 7.95. The van der Waals surface area contributed by atoms with Crippen LogP contribution in [0.5, 0.6) is 0 Å². The number of pyridine rings is 1. The molecule has 5 nitrogen and oxygen atoms in total. The van der Waals surface area contributed by atoms with Crippen molar-refractivity contribution in [2.24, 2.45) is 11.3 Å². The quantitative estimate of drug-likeness (QED) is 0.246. The summed E-state index contributed by atoms with van der Waals surface area (Å²) in [7, 11) is 0. The maximum atomic E-state index is 13.8. The van der Waals surface area contributed by atoms with E-state index in [9.17, 15) is 9.59 Å². The number of fused-ring (bicyclic) bond motifs is 2. The van der Waals surface area contributed by atoms with Crippen LogP contribution in [0.15, 0.2) is 66.7 Å². The van der Waals surface area contributed by atoms with E-state index in [1.807, 2.05) is 80.6 Å². The van der Waals surface area contributed by atoms with Crippen LogP contribution in [-0.2, 0) is 16.0 Å². The number of rotatable bonds is 5. The first kappa shape index (κ1) is 28.6. The molecule has 1 amide bonds. The molecule has 41 heavy (non-hydrogen) atoms. The van der Waals surface area contributed by atoms with E-state index in [0.29, 0.717) is 28.2 Å². The summed E-state index contributed by atoms with van der Waals surface area (Å²) >= 11 is 6.14. The fraction of sp³-hybridized carbons (Fsp3) is 0.286. The van der Waals surface area contributed by atoms with Gasteiger partial charge in [-0.25, -0.2) is 9.78 Å². The average Bonchev–Trinajstić information content (AvgIpc) is 2.90. The van der Waals surface area contributed by atoms with Gasteiger partial charge in [0.1, 0.15) is 0 Å². The zero-order chi connectivity index (χ0) is 29.3. The number of para-hydroxylation sites is 1. The van der Waals surface area contributed by atoms with Crippen LogP contribution in [0.3, 0.4) is 0 Å². The number of carbonyl (C=O) groups excluding carboxylic acids is 2. The van der Waals surface area contributed by atoms with E-state index in [0.717, 1.165) is 45.3 Å². The summed E-state index contributed by atoms with van der Waals surface area (Å²) < 4.78 is 5.67. The number of aryl methyl sites for hydroxylation is 2. The van der Waals surface area contributed by atoms with Gasteiger partial charge in [-0.2, -0.15) is 0 Å². The fourth-order valence-electron chi connectivity index (χ4n) is 5.58. The van der Waals surface area contributed by atoms with E-state index in [1.165, 1.54) is 0 Å². The SMILES string of the molecule is Cc1cc(C)cc(NC(=O)COC(=O)c2c3c(nc4ccccc24)/C(=C\c2ccc(Cl)cc2)C[C@@H](C(C)(C)C)C3)c1. The van der Waals surface area contributed by atoms with Crippen LogP contribution < -0.4 is 5.32 Å². The number of carbonyl (C=O) groups is 2. The summed E-state index contributed by atoms with van der Waals surface area (Å²) in [6.07, 6.45) is 3.66. The van der Waals surface area contributed by atoms with Gasteiger partial charge >= 0.3 is 5.97 Å². The molecular weight excluding hydrogens is 532 g/mol. The molecular formula is C35H35ClN2O3. The minimum absolute atomic E-state index is 0.00454. The lowest BCUT2D eigenvalue weighted by Gasteiger charge is -2.36. The Kier molecular flexibility index (Phi) is 8.01. The molecule has 4 aromatic rings. The standard InChI is InChI=1S/C35H35ClN2O3/c1-21-14-22(2)16-27(15-21)37-31(39)20-41-34(40)32-28-8-6-7-9-30(28)38-33-24(17-23-10-12-26(36)13-11-23)18-25(19-29(32)33)35(3,4)5/h6-17,25H,18-20H2,1-5H3,(H,37,39)/b24-17-/t25-/m1/s1. The van der Waals surface area contributed by atoms with Crippen LogP contribution >= 0.6 is 11.6 Å². The number of ether oxygens (including phenoxy) is 1. The van der Waals surface area contributed by atoms with E-state index in [-0.39, 0.29) is 23.8 Å². The summed E-state index contributed by atoms with van der Waals surface area (Å²) in [5, 5.41) is 4.26. The molecule has 1 N–H and O–H groups in total. The van der Waals surface area contributed by atoms with Crippen LogP contribution in [0.25, 0.3) is 22.6 Å². The number of nitrogens with one attached hydrogen (secondary N) is 1. The van der Waals surface area contributed by atoms with Crippen molar-refractivity contribution in [3.8, 4) is 0 Å². The zero-order valence-corrected chi connectivity index (χ0v) is 24.9. The van der Waals surface area contributed by atoms with E-state index < -0.39 is 5.97 Å². The molecule has 0 saturated carbocycles. The Labute approximate surface area is 246 Å². The number of hydrogen-bond acceptors (Lipinski definition) is 4. The number of allylic oxidation sites excluding steroid dienone is 1. The maximum absolute atomic E-state index is 13.8. The number of benzene rings is 3. The average molecular weight is 567 g/mol. The molecule has 1 aromatic heterocycles. The van der Waals surface area contributed by atoms with Gasteiger partial charge in [0.05, 0.1) is 16.8 Å². The molecule has 0 bridgehead atoms. The highest BCUT2D eigenvalue weighted by Gasteiger charge is 2.35.